The molecule has 0 bridgehead atoms. The minimum absolute atomic E-state index is 0.0968. The minimum atomic E-state index is 0.0968. The fraction of sp³-hybridized carbons (Fsp3) is 0.333. The van der Waals surface area contributed by atoms with Crippen LogP contribution in [0.3, 0.4) is 0 Å². The van der Waals surface area contributed by atoms with Gasteiger partial charge in [-0.15, -0.1) is 10.2 Å². The van der Waals surface area contributed by atoms with E-state index in [0.717, 1.165) is 23.5 Å². The molecule has 29 heavy (non-hydrogen) atoms. The maximum atomic E-state index is 12.6. The van der Waals surface area contributed by atoms with E-state index < -0.39 is 0 Å². The van der Waals surface area contributed by atoms with Crippen LogP contribution in [0.2, 0.25) is 0 Å². The Balaban J connectivity index is 1.67. The summed E-state index contributed by atoms with van der Waals surface area (Å²) in [4.78, 5) is 18.7. The maximum Gasteiger partial charge on any atom is 0.233 e. The molecule has 3 heterocycles. The third-order valence-electron chi connectivity index (χ3n) is 4.86. The third-order valence-corrected chi connectivity index (χ3v) is 5.77. The van der Waals surface area contributed by atoms with E-state index in [2.05, 4.69) is 34.2 Å². The largest absolute Gasteiger partial charge is 0.378 e. The predicted octanol–water partition coefficient (Wildman–Crippen LogP) is 2.84. The van der Waals surface area contributed by atoms with Crippen molar-refractivity contribution in [2.24, 2.45) is 0 Å². The normalized spacial score (nSPS) is 14.2. The summed E-state index contributed by atoms with van der Waals surface area (Å²) in [5.74, 6) is 1.14. The molecular formula is C21H23N5O2S. The predicted molar refractivity (Wildman–Crippen MR) is 112 cm³/mol. The van der Waals surface area contributed by atoms with Gasteiger partial charge < -0.3 is 9.64 Å². The number of para-hydroxylation sites is 1. The second kappa shape index (κ2) is 9.19. The minimum Gasteiger partial charge on any atom is -0.378 e. The second-order valence-electron chi connectivity index (χ2n) is 6.65. The molecule has 0 radical (unpaired) electrons. The van der Waals surface area contributed by atoms with Crippen LogP contribution in [0.15, 0.2) is 53.9 Å². The second-order valence-corrected chi connectivity index (χ2v) is 7.59. The number of hydrogen-bond donors (Lipinski definition) is 0. The zero-order chi connectivity index (χ0) is 20.1. The van der Waals surface area contributed by atoms with E-state index >= 15 is 0 Å². The summed E-state index contributed by atoms with van der Waals surface area (Å²) in [7, 11) is 0. The van der Waals surface area contributed by atoms with Gasteiger partial charge in [0.1, 0.15) is 0 Å². The van der Waals surface area contributed by atoms with Crippen LogP contribution >= 0.6 is 11.8 Å². The number of morpholine rings is 1. The molecule has 1 saturated heterocycles. The van der Waals surface area contributed by atoms with E-state index in [1.807, 2.05) is 33.7 Å². The maximum absolute atomic E-state index is 12.6. The lowest BCUT2D eigenvalue weighted by atomic mass is 10.1. The fourth-order valence-electron chi connectivity index (χ4n) is 3.32. The molecule has 1 fully saturated rings. The number of amides is 1. The van der Waals surface area contributed by atoms with E-state index in [1.165, 1.54) is 17.3 Å². The van der Waals surface area contributed by atoms with E-state index in [4.69, 9.17) is 4.74 Å². The molecule has 8 heteroatoms. The topological polar surface area (TPSA) is 73.1 Å². The molecule has 0 aliphatic carbocycles. The molecule has 7 nitrogen and oxygen atoms in total. The van der Waals surface area contributed by atoms with Crippen LogP contribution in [0.5, 0.6) is 0 Å². The first-order valence-corrected chi connectivity index (χ1v) is 10.7. The van der Waals surface area contributed by atoms with Crippen molar-refractivity contribution < 1.29 is 9.53 Å². The van der Waals surface area contributed by atoms with Gasteiger partial charge in [-0.1, -0.05) is 36.9 Å². The Kier molecular flexibility index (Phi) is 6.21. The van der Waals surface area contributed by atoms with Crippen molar-refractivity contribution in [3.8, 4) is 17.1 Å². The Morgan fingerprint density at radius 1 is 1.14 bits per heavy atom. The van der Waals surface area contributed by atoms with Gasteiger partial charge in [0, 0.05) is 31.0 Å². The number of pyridine rings is 1. The number of rotatable bonds is 6. The van der Waals surface area contributed by atoms with Crippen LogP contribution in [0.1, 0.15) is 12.5 Å². The summed E-state index contributed by atoms with van der Waals surface area (Å²) in [6.45, 7) is 4.61. The monoisotopic (exact) mass is 409 g/mol. The fourth-order valence-corrected chi connectivity index (χ4v) is 4.17. The molecular weight excluding hydrogens is 386 g/mol. The van der Waals surface area contributed by atoms with Crippen LogP contribution in [-0.4, -0.2) is 62.6 Å². The molecule has 3 aromatic rings. The lowest BCUT2D eigenvalue weighted by Crippen LogP contribution is -2.41. The highest BCUT2D eigenvalue weighted by atomic mass is 32.2. The molecule has 0 unspecified atom stereocenters. The van der Waals surface area contributed by atoms with Gasteiger partial charge in [0.25, 0.3) is 0 Å². The summed E-state index contributed by atoms with van der Waals surface area (Å²) in [6, 6.07) is 12.1. The van der Waals surface area contributed by atoms with Crippen molar-refractivity contribution in [1.29, 1.82) is 0 Å². The van der Waals surface area contributed by atoms with Gasteiger partial charge in [-0.05, 0) is 30.2 Å². The van der Waals surface area contributed by atoms with Gasteiger partial charge in [0.2, 0.25) is 5.91 Å². The van der Waals surface area contributed by atoms with Crippen molar-refractivity contribution in [3.05, 3.63) is 54.4 Å². The van der Waals surface area contributed by atoms with Crippen molar-refractivity contribution >= 4 is 17.7 Å². The smallest absolute Gasteiger partial charge is 0.233 e. The number of benzene rings is 1. The lowest BCUT2D eigenvalue weighted by Gasteiger charge is -2.26. The van der Waals surface area contributed by atoms with Crippen molar-refractivity contribution in [1.82, 2.24) is 24.6 Å². The van der Waals surface area contributed by atoms with Crippen molar-refractivity contribution in [2.45, 2.75) is 18.5 Å². The van der Waals surface area contributed by atoms with Crippen LogP contribution in [0.25, 0.3) is 17.1 Å². The summed E-state index contributed by atoms with van der Waals surface area (Å²) in [5.41, 5.74) is 3.11. The number of nitrogens with zero attached hydrogens (tertiary/aromatic N) is 5. The summed E-state index contributed by atoms with van der Waals surface area (Å²) in [5, 5.41) is 9.55. The van der Waals surface area contributed by atoms with Crippen LogP contribution in [-0.2, 0) is 16.0 Å². The van der Waals surface area contributed by atoms with Crippen LogP contribution < -0.4 is 0 Å². The average molecular weight is 410 g/mol. The van der Waals surface area contributed by atoms with Crippen LogP contribution in [0, 0.1) is 0 Å². The molecule has 0 saturated carbocycles. The Morgan fingerprint density at radius 3 is 2.72 bits per heavy atom. The number of carbonyl (C=O) groups is 1. The van der Waals surface area contributed by atoms with Gasteiger partial charge in [0.05, 0.1) is 24.7 Å². The molecule has 4 rings (SSSR count). The Hall–Kier alpha value is -2.71. The molecule has 1 aromatic carbocycles. The van der Waals surface area contributed by atoms with E-state index in [0.29, 0.717) is 37.2 Å². The number of hydrogen-bond acceptors (Lipinski definition) is 6. The SMILES string of the molecule is CCc1ccccc1-n1c(SCC(=O)N2CCOCC2)nnc1-c1cccnc1. The molecule has 1 amide bonds. The number of thioether (sulfide) groups is 1. The molecule has 0 N–H and O–H groups in total. The Morgan fingerprint density at radius 2 is 1.97 bits per heavy atom. The van der Waals surface area contributed by atoms with Gasteiger partial charge in [0.15, 0.2) is 11.0 Å². The first kappa shape index (κ1) is 19.6. The molecule has 150 valence electrons. The third kappa shape index (κ3) is 4.33. The van der Waals surface area contributed by atoms with Crippen molar-refractivity contribution in [2.75, 3.05) is 32.1 Å². The molecule has 0 spiro atoms. The first-order chi connectivity index (χ1) is 14.3. The van der Waals surface area contributed by atoms with Gasteiger partial charge in [-0.25, -0.2) is 0 Å². The highest BCUT2D eigenvalue weighted by molar-refractivity contribution is 7.99. The van der Waals surface area contributed by atoms with E-state index in [1.54, 1.807) is 12.4 Å². The van der Waals surface area contributed by atoms with Gasteiger partial charge in [-0.3, -0.25) is 14.3 Å². The summed E-state index contributed by atoms with van der Waals surface area (Å²) < 4.78 is 7.37. The average Bonchev–Trinajstić information content (AvgIpc) is 3.22. The van der Waals surface area contributed by atoms with E-state index in [9.17, 15) is 4.79 Å². The number of aryl methyl sites for hydroxylation is 1. The zero-order valence-corrected chi connectivity index (χ0v) is 17.1. The standard InChI is InChI=1S/C21H23N5O2S/c1-2-16-6-3-4-8-18(16)26-20(17-7-5-9-22-14-17)23-24-21(26)29-15-19(27)25-10-12-28-13-11-25/h3-9,14H,2,10-13,15H2,1H3. The number of aromatic nitrogens is 4. The first-order valence-electron chi connectivity index (χ1n) is 9.70. The molecule has 0 atom stereocenters. The molecule has 1 aliphatic rings. The molecule has 1 aliphatic heterocycles. The van der Waals surface area contributed by atoms with E-state index in [-0.39, 0.29) is 5.91 Å². The number of carbonyl (C=O) groups excluding carboxylic acids is 1. The van der Waals surface area contributed by atoms with Crippen LogP contribution in [0.4, 0.5) is 0 Å². The van der Waals surface area contributed by atoms with Gasteiger partial charge >= 0.3 is 0 Å². The summed E-state index contributed by atoms with van der Waals surface area (Å²) in [6.07, 6.45) is 4.40. The lowest BCUT2D eigenvalue weighted by molar-refractivity contribution is -0.132. The number of ether oxygens (including phenoxy) is 1. The highest BCUT2D eigenvalue weighted by Gasteiger charge is 2.21. The summed E-state index contributed by atoms with van der Waals surface area (Å²) >= 11 is 1.42. The van der Waals surface area contributed by atoms with Crippen molar-refractivity contribution in [3.63, 3.8) is 0 Å². The molecule has 2 aromatic heterocycles. The Bertz CT molecular complexity index is 970. The zero-order valence-electron chi connectivity index (χ0n) is 16.3. The highest BCUT2D eigenvalue weighted by Crippen LogP contribution is 2.29. The van der Waals surface area contributed by atoms with Gasteiger partial charge in [-0.2, -0.15) is 0 Å². The quantitative estimate of drug-likeness (QED) is 0.583. The Labute approximate surface area is 174 Å².